The van der Waals surface area contributed by atoms with Crippen molar-refractivity contribution in [2.75, 3.05) is 17.7 Å². The van der Waals surface area contributed by atoms with Gasteiger partial charge >= 0.3 is 0 Å². The fraction of sp³-hybridized carbons (Fsp3) is 0.143. The van der Waals surface area contributed by atoms with E-state index in [-0.39, 0.29) is 11.1 Å². The second-order valence-electron chi connectivity index (χ2n) is 4.23. The molecule has 0 bridgehead atoms. The Labute approximate surface area is 121 Å². The Morgan fingerprint density at radius 1 is 1.30 bits per heavy atom. The van der Waals surface area contributed by atoms with E-state index in [1.165, 1.54) is 18.2 Å². The molecule has 1 heterocycles. The number of hydrogen-bond acceptors (Lipinski definition) is 3. The topological polar surface area (TPSA) is 54.0 Å². The molecule has 20 heavy (non-hydrogen) atoms. The minimum Gasteiger partial charge on any atom is -0.373 e. The van der Waals surface area contributed by atoms with Gasteiger partial charge in [0.2, 0.25) is 0 Å². The van der Waals surface area contributed by atoms with Crippen molar-refractivity contribution in [3.05, 3.63) is 52.4 Å². The Kier molecular flexibility index (Phi) is 4.20. The number of benzene rings is 1. The van der Waals surface area contributed by atoms with Crippen LogP contribution in [0.5, 0.6) is 0 Å². The number of carbonyl (C=O) groups excluding carboxylic acids is 1. The summed E-state index contributed by atoms with van der Waals surface area (Å²) in [6.45, 7) is 1.79. The van der Waals surface area contributed by atoms with Gasteiger partial charge in [-0.1, -0.05) is 17.7 Å². The van der Waals surface area contributed by atoms with Crippen LogP contribution in [0.4, 0.5) is 15.9 Å². The minimum absolute atomic E-state index is 0.206. The number of nitrogens with one attached hydrogen (secondary N) is 2. The van der Waals surface area contributed by atoms with Crippen molar-refractivity contribution in [1.29, 1.82) is 0 Å². The van der Waals surface area contributed by atoms with E-state index in [0.29, 0.717) is 17.1 Å². The van der Waals surface area contributed by atoms with Gasteiger partial charge in [0.25, 0.3) is 5.91 Å². The molecule has 6 heteroatoms. The Morgan fingerprint density at radius 3 is 2.75 bits per heavy atom. The van der Waals surface area contributed by atoms with Crippen LogP contribution in [0, 0.1) is 12.7 Å². The van der Waals surface area contributed by atoms with Crippen molar-refractivity contribution in [2.24, 2.45) is 0 Å². The molecular weight excluding hydrogens is 281 g/mol. The standard InChI is InChI=1S/C14H13ClFN3O/c1-8-3-4-10(16)7-11(8)18-14(20)9-5-12(15)19-13(6-9)17-2/h3-7H,1-2H3,(H,17,19)(H,18,20). The highest BCUT2D eigenvalue weighted by atomic mass is 35.5. The van der Waals surface area contributed by atoms with Crippen molar-refractivity contribution in [3.8, 4) is 0 Å². The van der Waals surface area contributed by atoms with E-state index >= 15 is 0 Å². The molecule has 4 nitrogen and oxygen atoms in total. The maximum absolute atomic E-state index is 13.2. The van der Waals surface area contributed by atoms with Crippen LogP contribution in [0.2, 0.25) is 5.15 Å². The van der Waals surface area contributed by atoms with E-state index in [9.17, 15) is 9.18 Å². The van der Waals surface area contributed by atoms with E-state index in [4.69, 9.17) is 11.6 Å². The van der Waals surface area contributed by atoms with Crippen molar-refractivity contribution in [1.82, 2.24) is 4.98 Å². The van der Waals surface area contributed by atoms with E-state index < -0.39 is 5.82 Å². The zero-order valence-electron chi connectivity index (χ0n) is 11.0. The second kappa shape index (κ2) is 5.88. The minimum atomic E-state index is -0.408. The van der Waals surface area contributed by atoms with E-state index in [1.54, 1.807) is 26.1 Å². The summed E-state index contributed by atoms with van der Waals surface area (Å²) in [4.78, 5) is 16.1. The zero-order chi connectivity index (χ0) is 14.7. The van der Waals surface area contributed by atoms with Crippen LogP contribution in [-0.4, -0.2) is 17.9 Å². The molecule has 0 aliphatic carbocycles. The maximum Gasteiger partial charge on any atom is 0.255 e. The first-order valence-corrected chi connectivity index (χ1v) is 6.30. The van der Waals surface area contributed by atoms with Crippen LogP contribution in [0.1, 0.15) is 15.9 Å². The third-order valence-electron chi connectivity index (χ3n) is 2.76. The van der Waals surface area contributed by atoms with E-state index in [1.807, 2.05) is 0 Å². The van der Waals surface area contributed by atoms with Gasteiger partial charge in [-0.2, -0.15) is 0 Å². The lowest BCUT2D eigenvalue weighted by molar-refractivity contribution is 0.102. The molecule has 0 saturated carbocycles. The third-order valence-corrected chi connectivity index (χ3v) is 2.95. The molecule has 0 unspecified atom stereocenters. The van der Waals surface area contributed by atoms with Crippen molar-refractivity contribution < 1.29 is 9.18 Å². The number of pyridine rings is 1. The Bertz CT molecular complexity index is 661. The summed E-state index contributed by atoms with van der Waals surface area (Å²) in [5.41, 5.74) is 1.54. The predicted molar refractivity (Wildman–Crippen MR) is 77.9 cm³/mol. The van der Waals surface area contributed by atoms with Crippen LogP contribution in [0.3, 0.4) is 0 Å². The quantitative estimate of drug-likeness (QED) is 0.852. The third kappa shape index (κ3) is 3.24. The summed E-state index contributed by atoms with van der Waals surface area (Å²) in [5.74, 6) is -0.298. The molecule has 2 N–H and O–H groups in total. The number of aromatic nitrogens is 1. The molecule has 1 aromatic heterocycles. The first kappa shape index (κ1) is 14.3. The molecular formula is C14H13ClFN3O. The molecule has 2 aromatic rings. The van der Waals surface area contributed by atoms with Gasteiger partial charge in [-0.25, -0.2) is 9.37 Å². The summed E-state index contributed by atoms with van der Waals surface area (Å²) in [5, 5.41) is 5.67. The van der Waals surface area contributed by atoms with Crippen LogP contribution < -0.4 is 10.6 Å². The van der Waals surface area contributed by atoms with Crippen LogP contribution in [0.15, 0.2) is 30.3 Å². The van der Waals surface area contributed by atoms with Gasteiger partial charge < -0.3 is 10.6 Å². The lowest BCUT2D eigenvalue weighted by Gasteiger charge is -2.09. The largest absolute Gasteiger partial charge is 0.373 e. The van der Waals surface area contributed by atoms with E-state index in [0.717, 1.165) is 5.56 Å². The molecule has 0 spiro atoms. The number of aryl methyl sites for hydroxylation is 1. The van der Waals surface area contributed by atoms with Gasteiger partial charge in [0.15, 0.2) is 0 Å². The number of rotatable bonds is 3. The monoisotopic (exact) mass is 293 g/mol. The molecule has 0 fully saturated rings. The number of amides is 1. The van der Waals surface area contributed by atoms with Crippen LogP contribution in [0.25, 0.3) is 0 Å². The Hall–Kier alpha value is -2.14. The SMILES string of the molecule is CNc1cc(C(=O)Nc2cc(F)ccc2C)cc(Cl)n1. The predicted octanol–water partition coefficient (Wildman–Crippen LogP) is 3.48. The first-order chi connectivity index (χ1) is 9.49. The van der Waals surface area contributed by atoms with Crippen LogP contribution in [-0.2, 0) is 0 Å². The number of halogens is 2. The highest BCUT2D eigenvalue weighted by Gasteiger charge is 2.11. The lowest BCUT2D eigenvalue weighted by atomic mass is 10.1. The summed E-state index contributed by atoms with van der Waals surface area (Å²) in [6.07, 6.45) is 0. The van der Waals surface area contributed by atoms with Gasteiger partial charge in [0.1, 0.15) is 16.8 Å². The number of carbonyl (C=O) groups is 1. The fourth-order valence-corrected chi connectivity index (χ4v) is 1.89. The zero-order valence-corrected chi connectivity index (χ0v) is 11.8. The van der Waals surface area contributed by atoms with Gasteiger partial charge in [-0.15, -0.1) is 0 Å². The normalized spacial score (nSPS) is 10.2. The molecule has 1 aromatic carbocycles. The molecule has 0 saturated heterocycles. The highest BCUT2D eigenvalue weighted by Crippen LogP contribution is 2.19. The molecule has 1 amide bonds. The van der Waals surface area contributed by atoms with Gasteiger partial charge in [-0.05, 0) is 36.8 Å². The number of hydrogen-bond donors (Lipinski definition) is 2. The maximum atomic E-state index is 13.2. The highest BCUT2D eigenvalue weighted by molar-refractivity contribution is 6.30. The van der Waals surface area contributed by atoms with E-state index in [2.05, 4.69) is 15.6 Å². The number of anilines is 2. The molecule has 0 radical (unpaired) electrons. The molecule has 104 valence electrons. The van der Waals surface area contributed by atoms with Gasteiger partial charge in [0.05, 0.1) is 0 Å². The van der Waals surface area contributed by atoms with Crippen LogP contribution >= 0.6 is 11.6 Å². The lowest BCUT2D eigenvalue weighted by Crippen LogP contribution is -2.13. The van der Waals surface area contributed by atoms with Crippen molar-refractivity contribution in [2.45, 2.75) is 6.92 Å². The van der Waals surface area contributed by atoms with Crippen molar-refractivity contribution >= 4 is 29.0 Å². The molecule has 0 atom stereocenters. The average molecular weight is 294 g/mol. The Morgan fingerprint density at radius 2 is 2.05 bits per heavy atom. The summed E-state index contributed by atoms with van der Waals surface area (Å²) in [6, 6.07) is 7.23. The molecule has 0 aliphatic heterocycles. The van der Waals surface area contributed by atoms with Gasteiger partial charge in [0, 0.05) is 18.3 Å². The summed E-state index contributed by atoms with van der Waals surface area (Å²) >= 11 is 5.84. The van der Waals surface area contributed by atoms with Gasteiger partial charge in [-0.3, -0.25) is 4.79 Å². The number of nitrogens with zero attached hydrogens (tertiary/aromatic N) is 1. The first-order valence-electron chi connectivity index (χ1n) is 5.92. The summed E-state index contributed by atoms with van der Waals surface area (Å²) in [7, 11) is 1.68. The smallest absolute Gasteiger partial charge is 0.255 e. The van der Waals surface area contributed by atoms with Crippen molar-refractivity contribution in [3.63, 3.8) is 0 Å². The Balaban J connectivity index is 2.28. The summed E-state index contributed by atoms with van der Waals surface area (Å²) < 4.78 is 13.2. The molecule has 0 aliphatic rings. The second-order valence-corrected chi connectivity index (χ2v) is 4.61. The fourth-order valence-electron chi connectivity index (χ4n) is 1.68. The average Bonchev–Trinajstić information content (AvgIpc) is 2.42. The molecule has 2 rings (SSSR count).